The van der Waals surface area contributed by atoms with Crippen LogP contribution in [0.5, 0.6) is 0 Å². The molecule has 142 valence electrons. The number of primary amides is 1. The number of rotatable bonds is 4. The molecule has 1 aromatic carbocycles. The number of imidazole rings is 1. The Morgan fingerprint density at radius 1 is 1.14 bits per heavy atom. The van der Waals surface area contributed by atoms with Crippen molar-refractivity contribution in [3.63, 3.8) is 0 Å². The van der Waals surface area contributed by atoms with Crippen molar-refractivity contribution >= 4 is 33.9 Å². The van der Waals surface area contributed by atoms with Crippen LogP contribution in [0.4, 0.5) is 5.95 Å². The van der Waals surface area contributed by atoms with Crippen molar-refractivity contribution in [3.05, 3.63) is 36.9 Å². The summed E-state index contributed by atoms with van der Waals surface area (Å²) in [4.78, 5) is 28.9. The lowest BCUT2D eigenvalue weighted by Crippen LogP contribution is -2.49. The summed E-state index contributed by atoms with van der Waals surface area (Å²) in [5.41, 5.74) is 8.69. The Kier molecular flexibility index (Phi) is 3.90. The zero-order valence-corrected chi connectivity index (χ0v) is 15.1. The van der Waals surface area contributed by atoms with Crippen molar-refractivity contribution in [3.8, 4) is 5.69 Å². The van der Waals surface area contributed by atoms with Crippen LogP contribution in [0.2, 0.25) is 0 Å². The number of carbonyl (C=O) groups is 1. The number of fused-ring (bicyclic) bond motifs is 2. The van der Waals surface area contributed by atoms with Gasteiger partial charge in [-0.15, -0.1) is 0 Å². The predicted octanol–water partition coefficient (Wildman–Crippen LogP) is 0.299. The summed E-state index contributed by atoms with van der Waals surface area (Å²) in [6, 6.07) is 6.05. The van der Waals surface area contributed by atoms with E-state index in [1.165, 1.54) is 0 Å². The zero-order valence-electron chi connectivity index (χ0n) is 15.1. The molecule has 0 radical (unpaired) electrons. The number of H-pyrrole nitrogens is 1. The number of amides is 1. The second kappa shape index (κ2) is 6.57. The normalized spacial score (nSPS) is 15.5. The van der Waals surface area contributed by atoms with Crippen LogP contribution < -0.4 is 10.6 Å². The number of benzene rings is 1. The first-order valence-corrected chi connectivity index (χ1v) is 9.06. The van der Waals surface area contributed by atoms with E-state index in [0.717, 1.165) is 53.9 Å². The van der Waals surface area contributed by atoms with Crippen molar-refractivity contribution in [2.24, 2.45) is 5.73 Å². The first-order valence-electron chi connectivity index (χ1n) is 9.06. The maximum atomic E-state index is 11.1. The molecule has 1 amide bonds. The molecular weight excluding hydrogens is 358 g/mol. The van der Waals surface area contributed by atoms with Crippen LogP contribution >= 0.6 is 0 Å². The van der Waals surface area contributed by atoms with Crippen molar-refractivity contribution < 1.29 is 4.79 Å². The average Bonchev–Trinajstić information content (AvgIpc) is 3.33. The van der Waals surface area contributed by atoms with Gasteiger partial charge in [0.15, 0.2) is 5.65 Å². The first kappa shape index (κ1) is 16.6. The largest absolute Gasteiger partial charge is 0.369 e. The molecule has 10 nitrogen and oxygen atoms in total. The van der Waals surface area contributed by atoms with E-state index in [4.69, 9.17) is 10.7 Å². The van der Waals surface area contributed by atoms with Gasteiger partial charge in [-0.2, -0.15) is 10.1 Å². The number of aromatic amines is 1. The van der Waals surface area contributed by atoms with E-state index >= 15 is 0 Å². The second-order valence-electron chi connectivity index (χ2n) is 6.86. The molecule has 0 atom stereocenters. The topological polar surface area (TPSA) is 122 Å². The molecule has 1 aliphatic rings. The number of hydrogen-bond acceptors (Lipinski definition) is 7. The Morgan fingerprint density at radius 2 is 2.00 bits per heavy atom. The number of nitrogens with one attached hydrogen (secondary N) is 1. The molecule has 1 fully saturated rings. The van der Waals surface area contributed by atoms with E-state index in [9.17, 15) is 4.79 Å². The molecule has 0 aliphatic carbocycles. The molecule has 3 N–H and O–H groups in total. The number of anilines is 1. The molecular formula is C18H19N9O. The van der Waals surface area contributed by atoms with E-state index in [0.29, 0.717) is 5.95 Å². The molecule has 1 saturated heterocycles. The van der Waals surface area contributed by atoms with Gasteiger partial charge in [-0.05, 0) is 18.2 Å². The van der Waals surface area contributed by atoms with Crippen LogP contribution in [0, 0.1) is 0 Å². The molecule has 5 rings (SSSR count). The van der Waals surface area contributed by atoms with Crippen LogP contribution in [0.3, 0.4) is 0 Å². The SMILES string of the molecule is NC(=O)CN1CCN(c2ncc3ncn(-c4ccc5cn[nH]c5c4)c3n2)CC1. The van der Waals surface area contributed by atoms with Gasteiger partial charge in [0.1, 0.15) is 11.8 Å². The van der Waals surface area contributed by atoms with Gasteiger partial charge in [0, 0.05) is 31.6 Å². The first-order chi connectivity index (χ1) is 13.7. The van der Waals surface area contributed by atoms with Crippen molar-refractivity contribution in [2.45, 2.75) is 0 Å². The van der Waals surface area contributed by atoms with E-state index in [1.54, 1.807) is 18.7 Å². The third-order valence-corrected chi connectivity index (χ3v) is 5.02. The number of carbonyl (C=O) groups excluding carboxylic acids is 1. The van der Waals surface area contributed by atoms with Gasteiger partial charge in [-0.1, -0.05) is 0 Å². The highest BCUT2D eigenvalue weighted by atomic mass is 16.1. The third kappa shape index (κ3) is 2.93. The summed E-state index contributed by atoms with van der Waals surface area (Å²) in [5.74, 6) is 0.361. The molecule has 1 aliphatic heterocycles. The zero-order chi connectivity index (χ0) is 19.1. The number of nitrogens with zero attached hydrogens (tertiary/aromatic N) is 7. The lowest BCUT2D eigenvalue weighted by Gasteiger charge is -2.33. The van der Waals surface area contributed by atoms with Crippen molar-refractivity contribution in [1.82, 2.24) is 34.6 Å². The molecule has 4 aromatic rings. The summed E-state index contributed by atoms with van der Waals surface area (Å²) in [7, 11) is 0. The van der Waals surface area contributed by atoms with Gasteiger partial charge in [-0.3, -0.25) is 19.4 Å². The van der Waals surface area contributed by atoms with Crippen LogP contribution in [0.15, 0.2) is 36.9 Å². The predicted molar refractivity (Wildman–Crippen MR) is 104 cm³/mol. The van der Waals surface area contributed by atoms with Gasteiger partial charge >= 0.3 is 0 Å². The number of piperazine rings is 1. The number of aromatic nitrogens is 6. The van der Waals surface area contributed by atoms with Gasteiger partial charge < -0.3 is 10.6 Å². The van der Waals surface area contributed by atoms with Gasteiger partial charge in [-0.25, -0.2) is 9.97 Å². The summed E-state index contributed by atoms with van der Waals surface area (Å²) in [6.45, 7) is 3.27. The van der Waals surface area contributed by atoms with Crippen molar-refractivity contribution in [1.29, 1.82) is 0 Å². The summed E-state index contributed by atoms with van der Waals surface area (Å²) in [5, 5.41) is 8.11. The molecule has 0 saturated carbocycles. The highest BCUT2D eigenvalue weighted by Gasteiger charge is 2.21. The van der Waals surface area contributed by atoms with Crippen LogP contribution in [-0.4, -0.2) is 73.2 Å². The molecule has 28 heavy (non-hydrogen) atoms. The van der Waals surface area contributed by atoms with Crippen molar-refractivity contribution in [2.75, 3.05) is 37.6 Å². The summed E-state index contributed by atoms with van der Waals surface area (Å²) in [6.07, 6.45) is 5.30. The quantitative estimate of drug-likeness (QED) is 0.524. The Balaban J connectivity index is 1.44. The minimum atomic E-state index is -0.302. The molecule has 0 spiro atoms. The van der Waals surface area contributed by atoms with E-state index in [1.807, 2.05) is 27.7 Å². The fourth-order valence-electron chi connectivity index (χ4n) is 3.54. The Morgan fingerprint density at radius 3 is 2.82 bits per heavy atom. The van der Waals surface area contributed by atoms with Crippen LogP contribution in [0.25, 0.3) is 27.8 Å². The summed E-state index contributed by atoms with van der Waals surface area (Å²) >= 11 is 0. The molecule has 3 aromatic heterocycles. The Hall–Kier alpha value is -3.53. The number of hydrogen-bond donors (Lipinski definition) is 2. The average molecular weight is 377 g/mol. The van der Waals surface area contributed by atoms with E-state index < -0.39 is 0 Å². The van der Waals surface area contributed by atoms with E-state index in [2.05, 4.69) is 25.1 Å². The van der Waals surface area contributed by atoms with Crippen LogP contribution in [0.1, 0.15) is 0 Å². The lowest BCUT2D eigenvalue weighted by molar-refractivity contribution is -0.119. The third-order valence-electron chi connectivity index (χ3n) is 5.02. The smallest absolute Gasteiger partial charge is 0.231 e. The molecule has 4 heterocycles. The van der Waals surface area contributed by atoms with Gasteiger partial charge in [0.25, 0.3) is 0 Å². The highest BCUT2D eigenvalue weighted by molar-refractivity contribution is 5.81. The highest BCUT2D eigenvalue weighted by Crippen LogP contribution is 2.22. The molecule has 0 bridgehead atoms. The lowest BCUT2D eigenvalue weighted by atomic mass is 10.2. The van der Waals surface area contributed by atoms with E-state index in [-0.39, 0.29) is 12.5 Å². The number of nitrogens with two attached hydrogens (primary N) is 1. The minimum absolute atomic E-state index is 0.288. The Bertz CT molecular complexity index is 1160. The maximum Gasteiger partial charge on any atom is 0.231 e. The Labute approximate surface area is 160 Å². The monoisotopic (exact) mass is 377 g/mol. The second-order valence-corrected chi connectivity index (χ2v) is 6.86. The maximum absolute atomic E-state index is 11.1. The minimum Gasteiger partial charge on any atom is -0.369 e. The fourth-order valence-corrected chi connectivity index (χ4v) is 3.54. The van der Waals surface area contributed by atoms with Gasteiger partial charge in [0.05, 0.1) is 30.1 Å². The fraction of sp³-hybridized carbons (Fsp3) is 0.278. The van der Waals surface area contributed by atoms with Crippen LogP contribution in [-0.2, 0) is 4.79 Å². The molecule has 10 heteroatoms. The van der Waals surface area contributed by atoms with Gasteiger partial charge in [0.2, 0.25) is 11.9 Å². The molecule has 0 unspecified atom stereocenters. The standard InChI is InChI=1S/C18H19N9O/c19-16(28)10-25-3-5-26(6-4-25)18-20-9-15-17(23-18)27(11-21-15)13-2-1-12-8-22-24-14(12)7-13/h1-2,7-9,11H,3-6,10H2,(H2,19,28)(H,22,24). The summed E-state index contributed by atoms with van der Waals surface area (Å²) < 4.78 is 1.95.